The van der Waals surface area contributed by atoms with Crippen molar-refractivity contribution in [3.63, 3.8) is 0 Å². The third-order valence-corrected chi connectivity index (χ3v) is 5.94. The maximum Gasteiger partial charge on any atom is 0.336 e. The first kappa shape index (κ1) is 22.2. The zero-order valence-electron chi connectivity index (χ0n) is 18.1. The van der Waals surface area contributed by atoms with E-state index in [9.17, 15) is 18.3 Å². The Balaban J connectivity index is 1.59. The molecule has 1 aromatic heterocycles. The first-order valence-electron chi connectivity index (χ1n) is 10.1. The lowest BCUT2D eigenvalue weighted by atomic mass is 10.0. The van der Waals surface area contributed by atoms with E-state index in [1.54, 1.807) is 48.7 Å². The molecule has 8 nitrogen and oxygen atoms in total. The highest BCUT2D eigenvalue weighted by molar-refractivity contribution is 7.89. The number of carboxylic acids is 1. The van der Waals surface area contributed by atoms with Crippen LogP contribution in [0.4, 0.5) is 23.1 Å². The molecule has 0 aliphatic carbocycles. The molecule has 0 spiro atoms. The average molecular weight is 463 g/mol. The molecule has 0 radical (unpaired) electrons. The van der Waals surface area contributed by atoms with Gasteiger partial charge < -0.3 is 15.3 Å². The molecule has 2 N–H and O–H groups in total. The molecule has 0 aliphatic rings. The summed E-state index contributed by atoms with van der Waals surface area (Å²) < 4.78 is 23.2. The van der Waals surface area contributed by atoms with E-state index in [-0.39, 0.29) is 11.3 Å². The lowest BCUT2D eigenvalue weighted by Crippen LogP contribution is -2.12. The summed E-state index contributed by atoms with van der Waals surface area (Å²) in [6.07, 6.45) is 2.83. The summed E-state index contributed by atoms with van der Waals surface area (Å²) in [7, 11) is -1.27. The topological polar surface area (TPSA) is 112 Å². The van der Waals surface area contributed by atoms with Crippen molar-refractivity contribution in [2.45, 2.75) is 5.75 Å². The van der Waals surface area contributed by atoms with E-state index >= 15 is 0 Å². The zero-order valence-corrected chi connectivity index (χ0v) is 18.9. The predicted octanol–water partition coefficient (Wildman–Crippen LogP) is 4.38. The third-order valence-electron chi connectivity index (χ3n) is 5.08. The van der Waals surface area contributed by atoms with Gasteiger partial charge in [-0.05, 0) is 52.7 Å². The molecule has 0 bridgehead atoms. The van der Waals surface area contributed by atoms with Crippen LogP contribution in [0, 0.1) is 0 Å². The van der Waals surface area contributed by atoms with Gasteiger partial charge in [-0.2, -0.15) is 4.98 Å². The number of aromatic nitrogens is 2. The van der Waals surface area contributed by atoms with Crippen LogP contribution in [0.2, 0.25) is 0 Å². The van der Waals surface area contributed by atoms with E-state index < -0.39 is 15.8 Å². The van der Waals surface area contributed by atoms with Gasteiger partial charge in [-0.25, -0.2) is 18.2 Å². The highest BCUT2D eigenvalue weighted by Gasteiger charge is 2.12. The highest BCUT2D eigenvalue weighted by Crippen LogP contribution is 2.28. The summed E-state index contributed by atoms with van der Waals surface area (Å²) in [4.78, 5) is 22.2. The smallest absolute Gasteiger partial charge is 0.336 e. The molecule has 1 heterocycles. The van der Waals surface area contributed by atoms with Crippen molar-refractivity contribution in [2.24, 2.45) is 0 Å². The van der Waals surface area contributed by atoms with E-state index in [4.69, 9.17) is 0 Å². The Morgan fingerprint density at radius 2 is 1.85 bits per heavy atom. The molecule has 0 saturated carbocycles. The molecular formula is C24H22N4O4S. The summed E-state index contributed by atoms with van der Waals surface area (Å²) in [5.74, 6) is -0.00953. The molecule has 168 valence electrons. The van der Waals surface area contributed by atoms with E-state index in [1.165, 1.54) is 6.26 Å². The average Bonchev–Trinajstić information content (AvgIpc) is 2.77. The summed E-state index contributed by atoms with van der Waals surface area (Å²) in [6.45, 7) is 0. The minimum absolute atomic E-state index is 0.0439. The van der Waals surface area contributed by atoms with Crippen LogP contribution in [-0.2, 0) is 15.6 Å². The van der Waals surface area contributed by atoms with Crippen LogP contribution in [0.15, 0.2) is 72.9 Å². The van der Waals surface area contributed by atoms with Crippen molar-refractivity contribution in [3.05, 3.63) is 84.1 Å². The number of carboxylic acid groups (broad SMARTS) is 1. The van der Waals surface area contributed by atoms with Crippen molar-refractivity contribution in [2.75, 3.05) is 23.5 Å². The quantitative estimate of drug-likeness (QED) is 0.416. The number of hydrogen-bond acceptors (Lipinski definition) is 7. The second kappa shape index (κ2) is 8.87. The van der Waals surface area contributed by atoms with Crippen LogP contribution < -0.4 is 10.2 Å². The van der Waals surface area contributed by atoms with Crippen molar-refractivity contribution in [1.29, 1.82) is 0 Å². The Morgan fingerprint density at radius 1 is 1.06 bits per heavy atom. The van der Waals surface area contributed by atoms with Gasteiger partial charge >= 0.3 is 5.97 Å². The number of anilines is 4. The van der Waals surface area contributed by atoms with Gasteiger partial charge in [0, 0.05) is 30.9 Å². The molecule has 4 aromatic rings. The molecular weight excluding hydrogens is 440 g/mol. The standard InChI is InChI=1S/C24H22N4O4S/c1-28(19-9-10-20-17(14-19)6-4-8-21(20)23(29)30)22-11-12-25-24(27-22)26-18-7-3-5-16(13-18)15-33(2,31)32/h3-14H,15H2,1-2H3,(H,29,30)(H,25,26,27). The third kappa shape index (κ3) is 5.27. The van der Waals surface area contributed by atoms with E-state index in [2.05, 4.69) is 15.3 Å². The Hall–Kier alpha value is -3.98. The van der Waals surface area contributed by atoms with E-state index in [0.717, 1.165) is 11.1 Å². The molecule has 33 heavy (non-hydrogen) atoms. The number of benzene rings is 3. The first-order chi connectivity index (χ1) is 15.7. The highest BCUT2D eigenvalue weighted by atomic mass is 32.2. The molecule has 0 fully saturated rings. The zero-order chi connectivity index (χ0) is 23.6. The second-order valence-corrected chi connectivity index (χ2v) is 9.85. The van der Waals surface area contributed by atoms with Crippen molar-refractivity contribution in [1.82, 2.24) is 9.97 Å². The van der Waals surface area contributed by atoms with Gasteiger partial charge in [0.05, 0.1) is 11.3 Å². The summed E-state index contributed by atoms with van der Waals surface area (Å²) in [5, 5.41) is 14.0. The molecule has 9 heteroatoms. The van der Waals surface area contributed by atoms with Crippen molar-refractivity contribution < 1.29 is 18.3 Å². The normalized spacial score (nSPS) is 11.3. The largest absolute Gasteiger partial charge is 0.478 e. The Kier molecular flexibility index (Phi) is 5.97. The van der Waals surface area contributed by atoms with Crippen LogP contribution >= 0.6 is 0 Å². The maximum atomic E-state index is 11.6. The Labute approximate surface area is 191 Å². The molecule has 0 saturated heterocycles. The van der Waals surface area contributed by atoms with Crippen molar-refractivity contribution >= 4 is 49.7 Å². The van der Waals surface area contributed by atoms with Gasteiger partial charge in [-0.3, -0.25) is 0 Å². The van der Waals surface area contributed by atoms with E-state index in [1.807, 2.05) is 36.2 Å². The SMILES string of the molecule is CN(c1ccc2c(C(=O)O)cccc2c1)c1ccnc(Nc2cccc(CS(C)(=O)=O)c2)n1. The van der Waals surface area contributed by atoms with Gasteiger partial charge in [0.2, 0.25) is 5.95 Å². The monoisotopic (exact) mass is 462 g/mol. The minimum atomic E-state index is -3.14. The predicted molar refractivity (Wildman–Crippen MR) is 129 cm³/mol. The van der Waals surface area contributed by atoms with Crippen molar-refractivity contribution in [3.8, 4) is 0 Å². The number of nitrogens with one attached hydrogen (secondary N) is 1. The summed E-state index contributed by atoms with van der Waals surface area (Å²) in [6, 6.07) is 19.6. The molecule has 4 rings (SSSR count). The fraction of sp³-hybridized carbons (Fsp3) is 0.125. The fourth-order valence-corrected chi connectivity index (χ4v) is 4.35. The van der Waals surface area contributed by atoms with Crippen LogP contribution in [0.1, 0.15) is 15.9 Å². The fourth-order valence-electron chi connectivity index (χ4n) is 3.57. The second-order valence-electron chi connectivity index (χ2n) is 7.71. The number of rotatable bonds is 7. The number of nitrogens with zero attached hydrogens (tertiary/aromatic N) is 3. The van der Waals surface area contributed by atoms with Gasteiger partial charge in [-0.1, -0.05) is 30.3 Å². The van der Waals surface area contributed by atoms with Gasteiger partial charge in [0.1, 0.15) is 5.82 Å². The lowest BCUT2D eigenvalue weighted by molar-refractivity contribution is 0.0699. The molecule has 0 unspecified atom stereocenters. The molecule has 0 aliphatic heterocycles. The Morgan fingerprint density at radius 3 is 2.61 bits per heavy atom. The summed E-state index contributed by atoms with van der Waals surface area (Å²) in [5.41, 5.74) is 2.45. The Bertz CT molecular complexity index is 1450. The van der Waals surface area contributed by atoms with Crippen LogP contribution in [0.25, 0.3) is 10.8 Å². The molecule has 0 amide bonds. The maximum absolute atomic E-state index is 11.6. The number of aromatic carboxylic acids is 1. The number of hydrogen-bond donors (Lipinski definition) is 2. The van der Waals surface area contributed by atoms with Gasteiger partial charge in [-0.15, -0.1) is 0 Å². The molecule has 0 atom stereocenters. The molecule has 3 aromatic carbocycles. The summed E-state index contributed by atoms with van der Waals surface area (Å²) >= 11 is 0. The lowest BCUT2D eigenvalue weighted by Gasteiger charge is -2.19. The van der Waals surface area contributed by atoms with Gasteiger partial charge in [0.25, 0.3) is 0 Å². The number of carbonyl (C=O) groups is 1. The minimum Gasteiger partial charge on any atom is -0.478 e. The van der Waals surface area contributed by atoms with Crippen LogP contribution in [0.5, 0.6) is 0 Å². The van der Waals surface area contributed by atoms with Gasteiger partial charge in [0.15, 0.2) is 9.84 Å². The van der Waals surface area contributed by atoms with Crippen LogP contribution in [-0.4, -0.2) is 42.8 Å². The van der Waals surface area contributed by atoms with Crippen LogP contribution in [0.3, 0.4) is 0 Å². The number of fused-ring (bicyclic) bond motifs is 1. The van der Waals surface area contributed by atoms with E-state index in [0.29, 0.717) is 28.4 Å². The number of sulfone groups is 1. The first-order valence-corrected chi connectivity index (χ1v) is 12.1.